The van der Waals surface area contributed by atoms with E-state index in [0.29, 0.717) is 29.5 Å². The molecule has 41 heavy (non-hydrogen) atoms. The van der Waals surface area contributed by atoms with E-state index < -0.39 is 10.0 Å². The van der Waals surface area contributed by atoms with Gasteiger partial charge < -0.3 is 10.2 Å². The van der Waals surface area contributed by atoms with E-state index >= 15 is 0 Å². The maximum Gasteiger partial charge on any atom is 0.261 e. The largest absolute Gasteiger partial charge is 0.337 e. The Hall–Kier alpha value is -3.77. The first-order chi connectivity index (χ1) is 19.7. The topological polar surface area (TPSA) is 108 Å². The fraction of sp³-hybridized carbons (Fsp3) is 0.138. The summed E-state index contributed by atoms with van der Waals surface area (Å²) in [6.07, 6.45) is 0.661. The van der Waals surface area contributed by atoms with Gasteiger partial charge in [-0.25, -0.2) is 13.4 Å². The van der Waals surface area contributed by atoms with Gasteiger partial charge in [-0.1, -0.05) is 29.8 Å². The van der Waals surface area contributed by atoms with Crippen molar-refractivity contribution in [2.24, 2.45) is 0 Å². The van der Waals surface area contributed by atoms with Gasteiger partial charge in [-0.05, 0) is 66.6 Å². The number of sulfonamides is 1. The summed E-state index contributed by atoms with van der Waals surface area (Å²) in [5.41, 5.74) is 3.38. The Morgan fingerprint density at radius 1 is 1.00 bits per heavy atom. The number of carbonyl (C=O) groups is 2. The van der Waals surface area contributed by atoms with E-state index in [0.717, 1.165) is 31.2 Å². The van der Waals surface area contributed by atoms with Gasteiger partial charge in [0.05, 0.1) is 21.7 Å². The van der Waals surface area contributed by atoms with E-state index in [1.165, 1.54) is 41.7 Å². The molecule has 0 saturated carbocycles. The molecule has 2 aromatic heterocycles. The van der Waals surface area contributed by atoms with Gasteiger partial charge in [-0.15, -0.1) is 22.7 Å². The first-order valence-electron chi connectivity index (χ1n) is 12.6. The lowest BCUT2D eigenvalue weighted by Crippen LogP contribution is -2.33. The number of hydrogen-bond donors (Lipinski definition) is 2. The fourth-order valence-electron chi connectivity index (χ4n) is 4.69. The summed E-state index contributed by atoms with van der Waals surface area (Å²) in [5.74, 6) is -0.379. The van der Waals surface area contributed by atoms with Crippen molar-refractivity contribution >= 4 is 77.0 Å². The molecule has 0 aliphatic carbocycles. The summed E-state index contributed by atoms with van der Waals surface area (Å²) in [6, 6.07) is 20.0. The van der Waals surface area contributed by atoms with Crippen molar-refractivity contribution in [1.82, 2.24) is 9.88 Å². The average molecular weight is 623 g/mol. The van der Waals surface area contributed by atoms with Crippen molar-refractivity contribution in [2.75, 3.05) is 16.6 Å². The molecule has 208 valence electrons. The zero-order valence-corrected chi connectivity index (χ0v) is 24.9. The molecule has 3 aromatic carbocycles. The number of thiazole rings is 1. The van der Waals surface area contributed by atoms with Gasteiger partial charge in [0.25, 0.3) is 15.9 Å². The summed E-state index contributed by atoms with van der Waals surface area (Å²) in [6.45, 7) is 2.63. The third-order valence-electron chi connectivity index (χ3n) is 6.74. The van der Waals surface area contributed by atoms with Crippen LogP contribution < -0.4 is 10.0 Å². The number of anilines is 2. The third-order valence-corrected chi connectivity index (χ3v) is 10.6. The van der Waals surface area contributed by atoms with Crippen LogP contribution in [0.4, 0.5) is 10.7 Å². The number of halogens is 1. The zero-order valence-electron chi connectivity index (χ0n) is 21.7. The average Bonchev–Trinajstić information content (AvgIpc) is 3.53. The second-order valence-electron chi connectivity index (χ2n) is 9.48. The molecule has 6 rings (SSSR count). The Morgan fingerprint density at radius 2 is 1.78 bits per heavy atom. The molecule has 0 radical (unpaired) electrons. The van der Waals surface area contributed by atoms with Gasteiger partial charge in [0.2, 0.25) is 5.91 Å². The van der Waals surface area contributed by atoms with Crippen LogP contribution in [0.15, 0.2) is 77.7 Å². The number of hydrogen-bond acceptors (Lipinski definition) is 7. The van der Waals surface area contributed by atoms with Crippen LogP contribution in [0.25, 0.3) is 20.8 Å². The van der Waals surface area contributed by atoms with E-state index in [1.807, 2.05) is 24.3 Å². The number of thiophene rings is 1. The van der Waals surface area contributed by atoms with Crippen molar-refractivity contribution in [1.29, 1.82) is 0 Å². The summed E-state index contributed by atoms with van der Waals surface area (Å²) in [4.78, 5) is 33.3. The van der Waals surface area contributed by atoms with E-state index in [9.17, 15) is 18.0 Å². The lowest BCUT2D eigenvalue weighted by Gasteiger charge is -2.26. The van der Waals surface area contributed by atoms with Gasteiger partial charge in [-0.3, -0.25) is 14.3 Å². The zero-order chi connectivity index (χ0) is 28.7. The van der Waals surface area contributed by atoms with E-state index in [1.54, 1.807) is 41.4 Å². The van der Waals surface area contributed by atoms with Crippen LogP contribution in [0.5, 0.6) is 0 Å². The number of fused-ring (bicyclic) bond motifs is 2. The highest BCUT2D eigenvalue weighted by Gasteiger charge is 2.29. The Balaban J connectivity index is 1.32. The molecule has 0 saturated heterocycles. The minimum Gasteiger partial charge on any atom is -0.337 e. The van der Waals surface area contributed by atoms with E-state index in [4.69, 9.17) is 16.6 Å². The number of para-hydroxylation sites is 1. The van der Waals surface area contributed by atoms with Crippen LogP contribution in [0, 0.1) is 0 Å². The van der Waals surface area contributed by atoms with Crippen molar-refractivity contribution < 1.29 is 18.0 Å². The molecule has 1 aliphatic rings. The molecule has 3 heterocycles. The van der Waals surface area contributed by atoms with E-state index in [-0.39, 0.29) is 28.0 Å². The first kappa shape index (κ1) is 27.4. The highest BCUT2D eigenvalue weighted by molar-refractivity contribution is 7.92. The second kappa shape index (κ2) is 10.9. The van der Waals surface area contributed by atoms with Crippen LogP contribution in [-0.2, 0) is 27.8 Å². The maximum atomic E-state index is 13.5. The Morgan fingerprint density at radius 3 is 2.54 bits per heavy atom. The molecule has 5 aromatic rings. The van der Waals surface area contributed by atoms with Gasteiger partial charge in [0, 0.05) is 40.2 Å². The van der Waals surface area contributed by atoms with Crippen LogP contribution in [0.1, 0.15) is 27.7 Å². The Bertz CT molecular complexity index is 1880. The summed E-state index contributed by atoms with van der Waals surface area (Å²) < 4.78 is 29.3. The minimum absolute atomic E-state index is 0.00837. The highest BCUT2D eigenvalue weighted by atomic mass is 35.5. The SMILES string of the molecule is CC(=O)N1CCc2c(sc(NC(=O)c3cccc(NS(=O)(=O)c4ccc(Cl)cc4)c3)c2-c2nc3ccccc3s2)C1. The molecular formula is C29H23ClN4O4S3. The Labute approximate surface area is 249 Å². The number of amides is 2. The van der Waals surface area contributed by atoms with Gasteiger partial charge in [0.1, 0.15) is 10.0 Å². The lowest BCUT2D eigenvalue weighted by molar-refractivity contribution is -0.129. The van der Waals surface area contributed by atoms with Crippen molar-refractivity contribution in [3.05, 3.63) is 93.8 Å². The van der Waals surface area contributed by atoms with Crippen LogP contribution in [0.2, 0.25) is 5.02 Å². The normalized spacial score (nSPS) is 13.2. The molecule has 0 bridgehead atoms. The predicted octanol–water partition coefficient (Wildman–Crippen LogP) is 6.64. The maximum absolute atomic E-state index is 13.5. The molecular weight excluding hydrogens is 600 g/mol. The number of nitrogens with zero attached hydrogens (tertiary/aromatic N) is 2. The van der Waals surface area contributed by atoms with Crippen LogP contribution >= 0.6 is 34.3 Å². The molecule has 1 aliphatic heterocycles. The molecule has 0 fully saturated rings. The second-order valence-corrected chi connectivity index (χ2v) is 13.7. The van der Waals surface area contributed by atoms with Gasteiger partial charge in [-0.2, -0.15) is 0 Å². The molecule has 0 atom stereocenters. The first-order valence-corrected chi connectivity index (χ1v) is 16.1. The standard InChI is InChI=1S/C29H23ClN4O4S3/c1-17(35)34-14-13-22-25(16-34)40-29(26(22)28-31-23-7-2-3-8-24(23)39-28)32-27(36)18-5-4-6-20(15-18)33-41(37,38)21-11-9-19(30)10-12-21/h2-12,15,33H,13-14,16H2,1H3,(H,32,36). The Kier molecular flexibility index (Phi) is 7.28. The van der Waals surface area contributed by atoms with Gasteiger partial charge in [0.15, 0.2) is 0 Å². The molecule has 8 nitrogen and oxygen atoms in total. The number of nitrogens with one attached hydrogen (secondary N) is 2. The van der Waals surface area contributed by atoms with Crippen LogP contribution in [0.3, 0.4) is 0 Å². The third kappa shape index (κ3) is 5.58. The predicted molar refractivity (Wildman–Crippen MR) is 164 cm³/mol. The molecule has 0 spiro atoms. The van der Waals surface area contributed by atoms with Crippen molar-refractivity contribution in [3.8, 4) is 10.6 Å². The fourth-order valence-corrected chi connectivity index (χ4v) is 8.24. The number of aromatic nitrogens is 1. The quantitative estimate of drug-likeness (QED) is 0.221. The highest BCUT2D eigenvalue weighted by Crippen LogP contribution is 2.45. The summed E-state index contributed by atoms with van der Waals surface area (Å²) in [5, 5.41) is 4.93. The van der Waals surface area contributed by atoms with Crippen LogP contribution in [-0.4, -0.2) is 36.7 Å². The summed E-state index contributed by atoms with van der Waals surface area (Å²) in [7, 11) is -3.88. The smallest absolute Gasteiger partial charge is 0.261 e. The molecule has 2 N–H and O–H groups in total. The minimum atomic E-state index is -3.88. The van der Waals surface area contributed by atoms with Crippen molar-refractivity contribution in [3.63, 3.8) is 0 Å². The number of carbonyl (C=O) groups excluding carboxylic acids is 2. The molecule has 2 amide bonds. The lowest BCUT2D eigenvalue weighted by atomic mass is 10.0. The van der Waals surface area contributed by atoms with Crippen molar-refractivity contribution in [2.45, 2.75) is 24.8 Å². The van der Waals surface area contributed by atoms with Gasteiger partial charge >= 0.3 is 0 Å². The molecule has 0 unspecified atom stereocenters. The number of benzene rings is 3. The van der Waals surface area contributed by atoms with E-state index in [2.05, 4.69) is 10.0 Å². The molecule has 12 heteroatoms. The summed E-state index contributed by atoms with van der Waals surface area (Å²) >= 11 is 8.89. The monoisotopic (exact) mass is 622 g/mol. The number of rotatable bonds is 6.